The second-order valence-electron chi connectivity index (χ2n) is 7.80. The van der Waals surface area contributed by atoms with Gasteiger partial charge in [0, 0.05) is 18.4 Å². The van der Waals surface area contributed by atoms with Crippen LogP contribution in [0.3, 0.4) is 0 Å². The van der Waals surface area contributed by atoms with E-state index in [9.17, 15) is 9.59 Å². The fourth-order valence-electron chi connectivity index (χ4n) is 3.44. The summed E-state index contributed by atoms with van der Waals surface area (Å²) in [6.07, 6.45) is 2.38. The summed E-state index contributed by atoms with van der Waals surface area (Å²) >= 11 is 0. The second kappa shape index (κ2) is 8.63. The number of fused-ring (bicyclic) bond motifs is 1. The molecule has 0 saturated carbocycles. The standard InChI is InChI=1S/C24H25N3O4/c1-14-4-5-18(10-15(14)2)21-12-25-24(31-21)9-8-22(28)26-16(3)17-6-7-20-19(11-17)27-23(29)13-30-20/h4-7,10-12,16H,8-9,13H2,1-3H3,(H,26,28)(H,27,29). The quantitative estimate of drug-likeness (QED) is 0.627. The first kappa shape index (κ1) is 20.7. The van der Waals surface area contributed by atoms with Gasteiger partial charge in [0.1, 0.15) is 5.75 Å². The molecule has 0 bridgehead atoms. The van der Waals surface area contributed by atoms with Gasteiger partial charge in [-0.05, 0) is 55.7 Å². The molecular weight excluding hydrogens is 394 g/mol. The predicted molar refractivity (Wildman–Crippen MR) is 117 cm³/mol. The molecular formula is C24H25N3O4. The molecule has 0 fully saturated rings. The van der Waals surface area contributed by atoms with Gasteiger partial charge < -0.3 is 19.8 Å². The maximum Gasteiger partial charge on any atom is 0.262 e. The fourth-order valence-corrected chi connectivity index (χ4v) is 3.44. The van der Waals surface area contributed by atoms with Crippen molar-refractivity contribution in [1.29, 1.82) is 0 Å². The number of hydrogen-bond acceptors (Lipinski definition) is 5. The van der Waals surface area contributed by atoms with E-state index < -0.39 is 0 Å². The summed E-state index contributed by atoms with van der Waals surface area (Å²) in [5.41, 5.74) is 4.89. The van der Waals surface area contributed by atoms with E-state index in [1.807, 2.05) is 25.1 Å². The van der Waals surface area contributed by atoms with Gasteiger partial charge in [0.25, 0.3) is 5.91 Å². The first-order valence-corrected chi connectivity index (χ1v) is 10.3. The van der Waals surface area contributed by atoms with Crippen molar-refractivity contribution in [1.82, 2.24) is 10.3 Å². The Bertz CT molecular complexity index is 1140. The lowest BCUT2D eigenvalue weighted by Gasteiger charge is -2.21. The highest BCUT2D eigenvalue weighted by molar-refractivity contribution is 5.95. The van der Waals surface area contributed by atoms with E-state index >= 15 is 0 Å². The van der Waals surface area contributed by atoms with Crippen LogP contribution in [0.4, 0.5) is 5.69 Å². The van der Waals surface area contributed by atoms with Crippen LogP contribution in [0, 0.1) is 13.8 Å². The number of anilines is 1. The van der Waals surface area contributed by atoms with Crippen LogP contribution in [0.5, 0.6) is 5.75 Å². The normalized spacial score (nSPS) is 13.7. The van der Waals surface area contributed by atoms with E-state index in [0.717, 1.165) is 11.1 Å². The third-order valence-electron chi connectivity index (χ3n) is 5.42. The Morgan fingerprint density at radius 2 is 2.03 bits per heavy atom. The SMILES string of the molecule is Cc1ccc(-c2cnc(CCC(=O)NC(C)c3ccc4c(c3)NC(=O)CO4)o2)cc1C. The first-order chi connectivity index (χ1) is 14.9. The third-order valence-corrected chi connectivity index (χ3v) is 5.42. The smallest absolute Gasteiger partial charge is 0.262 e. The minimum atomic E-state index is -0.215. The van der Waals surface area contributed by atoms with Crippen molar-refractivity contribution in [2.75, 3.05) is 11.9 Å². The Kier molecular flexibility index (Phi) is 5.75. The van der Waals surface area contributed by atoms with Crippen molar-refractivity contribution < 1.29 is 18.7 Å². The van der Waals surface area contributed by atoms with Crippen LogP contribution in [0.1, 0.15) is 42.0 Å². The van der Waals surface area contributed by atoms with Gasteiger partial charge in [-0.15, -0.1) is 0 Å². The summed E-state index contributed by atoms with van der Waals surface area (Å²) < 4.78 is 11.2. The number of oxazole rings is 1. The molecule has 7 heteroatoms. The summed E-state index contributed by atoms with van der Waals surface area (Å²) in [5, 5.41) is 5.75. The van der Waals surface area contributed by atoms with E-state index in [1.54, 1.807) is 12.3 Å². The Morgan fingerprint density at radius 3 is 2.84 bits per heavy atom. The molecule has 160 valence electrons. The number of hydrogen-bond donors (Lipinski definition) is 2. The first-order valence-electron chi connectivity index (χ1n) is 10.3. The molecule has 0 spiro atoms. The summed E-state index contributed by atoms with van der Waals surface area (Å²) in [4.78, 5) is 28.2. The summed E-state index contributed by atoms with van der Waals surface area (Å²) in [6, 6.07) is 11.4. The maximum absolute atomic E-state index is 12.4. The van der Waals surface area contributed by atoms with E-state index in [-0.39, 0.29) is 30.9 Å². The molecule has 2 heterocycles. The molecule has 2 aromatic carbocycles. The number of nitrogens with one attached hydrogen (secondary N) is 2. The molecule has 0 aliphatic carbocycles. The van der Waals surface area contributed by atoms with Crippen molar-refractivity contribution in [2.24, 2.45) is 0 Å². The van der Waals surface area contributed by atoms with Crippen molar-refractivity contribution in [2.45, 2.75) is 39.7 Å². The monoisotopic (exact) mass is 419 g/mol. The third kappa shape index (κ3) is 4.77. The molecule has 0 saturated heterocycles. The van der Waals surface area contributed by atoms with Crippen molar-refractivity contribution in [3.05, 3.63) is 65.2 Å². The second-order valence-corrected chi connectivity index (χ2v) is 7.80. The van der Waals surface area contributed by atoms with Crippen LogP contribution in [0.2, 0.25) is 0 Å². The van der Waals surface area contributed by atoms with E-state index in [0.29, 0.717) is 29.5 Å². The van der Waals surface area contributed by atoms with Gasteiger partial charge >= 0.3 is 0 Å². The summed E-state index contributed by atoms with van der Waals surface area (Å²) in [5.74, 6) is 1.57. The predicted octanol–water partition coefficient (Wildman–Crippen LogP) is 4.10. The number of aryl methyl sites for hydroxylation is 3. The number of ether oxygens (including phenoxy) is 1. The zero-order chi connectivity index (χ0) is 22.0. The number of carbonyl (C=O) groups excluding carboxylic acids is 2. The Labute approximate surface area is 180 Å². The lowest BCUT2D eigenvalue weighted by Crippen LogP contribution is -2.28. The average Bonchev–Trinajstić information content (AvgIpc) is 3.22. The molecule has 1 aliphatic rings. The highest BCUT2D eigenvalue weighted by Gasteiger charge is 2.18. The molecule has 2 amide bonds. The van der Waals surface area contributed by atoms with Gasteiger partial charge in [0.05, 0.1) is 17.9 Å². The maximum atomic E-state index is 12.4. The minimum Gasteiger partial charge on any atom is -0.482 e. The van der Waals surface area contributed by atoms with Crippen molar-refractivity contribution in [3.63, 3.8) is 0 Å². The van der Waals surface area contributed by atoms with E-state index in [1.165, 1.54) is 11.1 Å². The highest BCUT2D eigenvalue weighted by atomic mass is 16.5. The topological polar surface area (TPSA) is 93.5 Å². The number of carbonyl (C=O) groups is 2. The van der Waals surface area contributed by atoms with Gasteiger partial charge in [-0.1, -0.05) is 18.2 Å². The van der Waals surface area contributed by atoms with Crippen molar-refractivity contribution >= 4 is 17.5 Å². The van der Waals surface area contributed by atoms with Gasteiger partial charge in [-0.2, -0.15) is 0 Å². The number of benzene rings is 2. The van der Waals surface area contributed by atoms with E-state index in [4.69, 9.17) is 9.15 Å². The molecule has 0 radical (unpaired) electrons. The van der Waals surface area contributed by atoms with Crippen LogP contribution in [-0.2, 0) is 16.0 Å². The molecule has 1 atom stereocenters. The zero-order valence-corrected chi connectivity index (χ0v) is 17.8. The lowest BCUT2D eigenvalue weighted by molar-refractivity contribution is -0.122. The van der Waals surface area contributed by atoms with Gasteiger partial charge in [0.15, 0.2) is 18.3 Å². The zero-order valence-electron chi connectivity index (χ0n) is 17.8. The molecule has 2 N–H and O–H groups in total. The molecule has 1 aromatic heterocycles. The Balaban J connectivity index is 1.33. The summed E-state index contributed by atoms with van der Waals surface area (Å²) in [7, 11) is 0. The van der Waals surface area contributed by atoms with Crippen LogP contribution in [0.25, 0.3) is 11.3 Å². The van der Waals surface area contributed by atoms with Crippen LogP contribution in [0.15, 0.2) is 47.0 Å². The van der Waals surface area contributed by atoms with E-state index in [2.05, 4.69) is 41.6 Å². The average molecular weight is 419 g/mol. The molecule has 1 unspecified atom stereocenters. The van der Waals surface area contributed by atoms with Crippen molar-refractivity contribution in [3.8, 4) is 17.1 Å². The Hall–Kier alpha value is -3.61. The number of rotatable bonds is 6. The van der Waals surface area contributed by atoms with Gasteiger partial charge in [-0.3, -0.25) is 9.59 Å². The molecule has 3 aromatic rings. The molecule has 7 nitrogen and oxygen atoms in total. The molecule has 31 heavy (non-hydrogen) atoms. The van der Waals surface area contributed by atoms with Crippen LogP contribution in [-0.4, -0.2) is 23.4 Å². The lowest BCUT2D eigenvalue weighted by atomic mass is 10.1. The number of aromatic nitrogens is 1. The molecule has 4 rings (SSSR count). The molecule has 1 aliphatic heterocycles. The van der Waals surface area contributed by atoms with Gasteiger partial charge in [-0.25, -0.2) is 4.98 Å². The minimum absolute atomic E-state index is 0.0185. The van der Waals surface area contributed by atoms with Crippen LogP contribution < -0.4 is 15.4 Å². The fraction of sp³-hybridized carbons (Fsp3) is 0.292. The van der Waals surface area contributed by atoms with Crippen LogP contribution >= 0.6 is 0 Å². The van der Waals surface area contributed by atoms with Gasteiger partial charge in [0.2, 0.25) is 5.91 Å². The Morgan fingerprint density at radius 1 is 1.19 bits per heavy atom. The number of amides is 2. The number of nitrogens with zero attached hydrogens (tertiary/aromatic N) is 1. The highest BCUT2D eigenvalue weighted by Crippen LogP contribution is 2.30. The largest absolute Gasteiger partial charge is 0.482 e. The summed E-state index contributed by atoms with van der Waals surface area (Å²) in [6.45, 7) is 6.04.